The van der Waals surface area contributed by atoms with Gasteiger partial charge in [0.1, 0.15) is 0 Å². The molecule has 1 fully saturated rings. The largest absolute Gasteiger partial charge is 0.378 e. The summed E-state index contributed by atoms with van der Waals surface area (Å²) in [5.74, 6) is 1.37. The molecule has 7 rings (SSSR count). The van der Waals surface area contributed by atoms with E-state index in [4.69, 9.17) is 19.7 Å². The predicted molar refractivity (Wildman–Crippen MR) is 150 cm³/mol. The van der Waals surface area contributed by atoms with Crippen LogP contribution in [0.25, 0.3) is 51.3 Å². The van der Waals surface area contributed by atoms with Crippen LogP contribution in [0.1, 0.15) is 11.4 Å². The van der Waals surface area contributed by atoms with Crippen LogP contribution in [-0.4, -0.2) is 71.3 Å². The number of aromatic nitrogens is 9. The van der Waals surface area contributed by atoms with Gasteiger partial charge < -0.3 is 9.64 Å². The molecule has 1 aliphatic rings. The number of rotatable bonds is 5. The van der Waals surface area contributed by atoms with E-state index in [9.17, 15) is 0 Å². The maximum Gasteiger partial charge on any atom is 0.181 e. The number of anilines is 1. The average molecular weight is 539 g/mol. The molecule has 5 aromatic heterocycles. The van der Waals surface area contributed by atoms with Crippen molar-refractivity contribution < 1.29 is 4.74 Å². The fourth-order valence-corrected chi connectivity index (χ4v) is 4.61. The lowest BCUT2D eigenvalue weighted by Gasteiger charge is -2.28. The van der Waals surface area contributed by atoms with Crippen molar-refractivity contribution >= 4 is 46.9 Å². The minimum Gasteiger partial charge on any atom is -0.378 e. The highest BCUT2D eigenvalue weighted by molar-refractivity contribution is 5.85. The number of aromatic amines is 1. The van der Waals surface area contributed by atoms with Gasteiger partial charge >= 0.3 is 0 Å². The van der Waals surface area contributed by atoms with Crippen molar-refractivity contribution in [3.8, 4) is 22.6 Å². The molecule has 1 aliphatic heterocycles. The molecular weight excluding hydrogens is 516 g/mol. The number of ether oxygens (including phenoxy) is 1. The zero-order valence-electron chi connectivity index (χ0n) is 20.7. The van der Waals surface area contributed by atoms with Gasteiger partial charge in [0.05, 0.1) is 42.0 Å². The number of tetrazole rings is 1. The number of morpholine rings is 1. The Morgan fingerprint density at radius 1 is 0.897 bits per heavy atom. The Kier molecular flexibility index (Phi) is 6.66. The molecule has 0 aliphatic carbocycles. The highest BCUT2D eigenvalue weighted by atomic mass is 35.5. The van der Waals surface area contributed by atoms with E-state index in [-0.39, 0.29) is 12.4 Å². The van der Waals surface area contributed by atoms with E-state index in [0.717, 1.165) is 63.7 Å². The summed E-state index contributed by atoms with van der Waals surface area (Å²) in [5.41, 5.74) is 5.89. The summed E-state index contributed by atoms with van der Waals surface area (Å²) in [7, 11) is 0. The summed E-state index contributed by atoms with van der Waals surface area (Å²) in [5, 5.41) is 15.3. The van der Waals surface area contributed by atoms with Crippen molar-refractivity contribution in [2.45, 2.75) is 0 Å². The summed E-state index contributed by atoms with van der Waals surface area (Å²) >= 11 is 0. The predicted octanol–water partition coefficient (Wildman–Crippen LogP) is 3.95. The van der Waals surface area contributed by atoms with Crippen LogP contribution < -0.4 is 4.90 Å². The molecule has 1 saturated heterocycles. The molecule has 12 heteroatoms. The van der Waals surface area contributed by atoms with Gasteiger partial charge in [-0.05, 0) is 40.8 Å². The molecule has 194 valence electrons. The molecule has 6 aromatic rings. The maximum atomic E-state index is 5.56. The fraction of sp³-hybridized carbons (Fsp3) is 0.148. The van der Waals surface area contributed by atoms with Gasteiger partial charge in [-0.3, -0.25) is 9.38 Å². The second-order valence-electron chi connectivity index (χ2n) is 8.90. The van der Waals surface area contributed by atoms with Gasteiger partial charge in [-0.2, -0.15) is 0 Å². The standard InChI is InChI=1S/C27H22N10O.ClH/c1-2-4-23-18(3-1)5-6-21(30-23)7-8-22-17-37-24(19-13-20(15-28-14-19)25-32-34-35-33-25)16-29-26(27(37)31-22)36-9-11-38-12-10-36;/h1-8,13-17H,9-12H2,(H,32,33,34,35);1H. The van der Waals surface area contributed by atoms with Gasteiger partial charge in [0, 0.05) is 48.2 Å². The van der Waals surface area contributed by atoms with Crippen LogP contribution in [-0.2, 0) is 4.74 Å². The summed E-state index contributed by atoms with van der Waals surface area (Å²) in [6.45, 7) is 2.84. The molecule has 39 heavy (non-hydrogen) atoms. The second-order valence-corrected chi connectivity index (χ2v) is 8.90. The zero-order valence-corrected chi connectivity index (χ0v) is 21.5. The van der Waals surface area contributed by atoms with Gasteiger partial charge in [0.25, 0.3) is 0 Å². The first-order valence-electron chi connectivity index (χ1n) is 12.3. The van der Waals surface area contributed by atoms with Crippen LogP contribution >= 0.6 is 12.4 Å². The van der Waals surface area contributed by atoms with E-state index >= 15 is 0 Å². The SMILES string of the molecule is C(=Cc1cn2c(-c3cncc(-c4nnn[nH]4)c3)cnc(N3CCOCC3)c2n1)c1ccc2ccccc2n1.Cl. The monoisotopic (exact) mass is 538 g/mol. The van der Waals surface area contributed by atoms with Crippen molar-refractivity contribution in [1.29, 1.82) is 0 Å². The van der Waals surface area contributed by atoms with Crippen LogP contribution in [0, 0.1) is 0 Å². The van der Waals surface area contributed by atoms with Crippen molar-refractivity contribution in [1.82, 2.24) is 45.0 Å². The molecule has 0 amide bonds. The van der Waals surface area contributed by atoms with E-state index in [0.29, 0.717) is 19.0 Å². The summed E-state index contributed by atoms with van der Waals surface area (Å²) in [6.07, 6.45) is 11.3. The van der Waals surface area contributed by atoms with Crippen molar-refractivity contribution in [2.75, 3.05) is 31.2 Å². The molecule has 0 bridgehead atoms. The summed E-state index contributed by atoms with van der Waals surface area (Å²) in [6, 6.07) is 14.2. The van der Waals surface area contributed by atoms with Gasteiger partial charge in [0.15, 0.2) is 17.3 Å². The van der Waals surface area contributed by atoms with Crippen LogP contribution in [0.15, 0.2) is 67.3 Å². The molecule has 0 spiro atoms. The van der Waals surface area contributed by atoms with Crippen LogP contribution in [0.5, 0.6) is 0 Å². The lowest BCUT2D eigenvalue weighted by Crippen LogP contribution is -2.37. The van der Waals surface area contributed by atoms with Gasteiger partial charge in [0.2, 0.25) is 0 Å². The van der Waals surface area contributed by atoms with E-state index in [1.165, 1.54) is 0 Å². The number of benzene rings is 1. The third-order valence-corrected chi connectivity index (χ3v) is 6.50. The van der Waals surface area contributed by atoms with Crippen LogP contribution in [0.4, 0.5) is 5.82 Å². The number of hydrogen-bond donors (Lipinski definition) is 1. The number of para-hydroxylation sites is 1. The van der Waals surface area contributed by atoms with E-state index in [1.807, 2.05) is 54.9 Å². The molecule has 1 aromatic carbocycles. The molecule has 0 atom stereocenters. The molecule has 6 heterocycles. The Morgan fingerprint density at radius 2 is 1.74 bits per heavy atom. The van der Waals surface area contributed by atoms with E-state index < -0.39 is 0 Å². The normalized spacial score (nSPS) is 13.8. The number of fused-ring (bicyclic) bond motifs is 2. The van der Waals surface area contributed by atoms with Crippen LogP contribution in [0.3, 0.4) is 0 Å². The lowest BCUT2D eigenvalue weighted by atomic mass is 10.1. The average Bonchev–Trinajstić information content (AvgIpc) is 3.67. The quantitative estimate of drug-likeness (QED) is 0.347. The van der Waals surface area contributed by atoms with E-state index in [2.05, 4.69) is 47.0 Å². The number of hydrogen-bond acceptors (Lipinski definition) is 9. The highest BCUT2D eigenvalue weighted by Crippen LogP contribution is 2.28. The number of H-pyrrole nitrogens is 1. The Hall–Kier alpha value is -4.74. The number of pyridine rings is 2. The Morgan fingerprint density at radius 3 is 2.62 bits per heavy atom. The van der Waals surface area contributed by atoms with Crippen molar-refractivity contribution in [3.63, 3.8) is 0 Å². The van der Waals surface area contributed by atoms with Crippen LogP contribution in [0.2, 0.25) is 0 Å². The molecule has 0 saturated carbocycles. The number of nitrogens with one attached hydrogen (secondary N) is 1. The fourth-order valence-electron chi connectivity index (χ4n) is 4.61. The summed E-state index contributed by atoms with van der Waals surface area (Å²) < 4.78 is 7.62. The molecule has 0 unspecified atom stereocenters. The Labute approximate surface area is 229 Å². The second kappa shape index (κ2) is 10.6. The highest BCUT2D eigenvalue weighted by Gasteiger charge is 2.20. The maximum absolute atomic E-state index is 5.56. The topological polar surface area (TPSA) is 123 Å². The summed E-state index contributed by atoms with van der Waals surface area (Å²) in [4.78, 5) is 21.2. The molecular formula is C27H23ClN10O. The smallest absolute Gasteiger partial charge is 0.181 e. The zero-order chi connectivity index (χ0) is 25.3. The first-order chi connectivity index (χ1) is 18.8. The number of nitrogens with zero attached hydrogens (tertiary/aromatic N) is 9. The van der Waals surface area contributed by atoms with Crippen molar-refractivity contribution in [2.24, 2.45) is 0 Å². The Balaban J connectivity index is 0.00000277. The molecule has 1 N–H and O–H groups in total. The molecule has 11 nitrogen and oxygen atoms in total. The van der Waals surface area contributed by atoms with Gasteiger partial charge in [-0.1, -0.05) is 24.3 Å². The van der Waals surface area contributed by atoms with Gasteiger partial charge in [-0.15, -0.1) is 17.5 Å². The minimum atomic E-state index is 0. The number of halogens is 1. The molecule has 0 radical (unpaired) electrons. The van der Waals surface area contributed by atoms with Gasteiger partial charge in [-0.25, -0.2) is 20.1 Å². The third kappa shape index (κ3) is 4.80. The minimum absolute atomic E-state index is 0. The third-order valence-electron chi connectivity index (χ3n) is 6.50. The lowest BCUT2D eigenvalue weighted by molar-refractivity contribution is 0.122. The van der Waals surface area contributed by atoms with E-state index in [1.54, 1.807) is 12.4 Å². The van der Waals surface area contributed by atoms with Crippen molar-refractivity contribution in [3.05, 3.63) is 78.6 Å². The Bertz CT molecular complexity index is 1780. The number of imidazole rings is 1. The first kappa shape index (κ1) is 24.6. The first-order valence-corrected chi connectivity index (χ1v) is 12.3.